The molecule has 1 aromatic carbocycles. The van der Waals surface area contributed by atoms with Crippen LogP contribution in [0.4, 0.5) is 5.69 Å². The van der Waals surface area contributed by atoms with E-state index in [1.807, 2.05) is 46.7 Å². The van der Waals surface area contributed by atoms with E-state index in [2.05, 4.69) is 13.0 Å². The van der Waals surface area contributed by atoms with Crippen LogP contribution in [0.2, 0.25) is 0 Å². The van der Waals surface area contributed by atoms with E-state index in [0.717, 1.165) is 12.1 Å². The lowest BCUT2D eigenvalue weighted by Crippen LogP contribution is -2.33. The Balaban J connectivity index is 2.33. The number of hydrogen-bond donors (Lipinski definition) is 1. The number of aliphatic carboxylic acids is 1. The molecule has 0 fully saturated rings. The monoisotopic (exact) mass is 275 g/mol. The van der Waals surface area contributed by atoms with Gasteiger partial charge in [0, 0.05) is 10.6 Å². The van der Waals surface area contributed by atoms with Crippen LogP contribution in [-0.2, 0) is 4.79 Å². The zero-order chi connectivity index (χ0) is 13.7. The summed E-state index contributed by atoms with van der Waals surface area (Å²) in [6.07, 6.45) is 0.878. The van der Waals surface area contributed by atoms with Crippen LogP contribution >= 0.6 is 11.3 Å². The molecule has 1 aromatic heterocycles. The summed E-state index contributed by atoms with van der Waals surface area (Å²) in [5.41, 5.74) is 0.949. The molecule has 3 nitrogen and oxygen atoms in total. The van der Waals surface area contributed by atoms with Crippen LogP contribution in [-0.4, -0.2) is 17.6 Å². The van der Waals surface area contributed by atoms with Crippen molar-refractivity contribution in [2.45, 2.75) is 19.4 Å². The number of benzene rings is 1. The Labute approximate surface area is 117 Å². The van der Waals surface area contributed by atoms with Crippen molar-refractivity contribution >= 4 is 23.0 Å². The van der Waals surface area contributed by atoms with Crippen molar-refractivity contribution in [2.24, 2.45) is 0 Å². The molecule has 0 radical (unpaired) electrons. The SMILES string of the molecule is CCC(c1cccs1)N(CC(=O)O)c1ccccc1. The molecular formula is C15H17NO2S. The van der Waals surface area contributed by atoms with E-state index in [4.69, 9.17) is 5.11 Å². The van der Waals surface area contributed by atoms with Crippen LogP contribution < -0.4 is 4.90 Å². The smallest absolute Gasteiger partial charge is 0.323 e. The number of hydrogen-bond acceptors (Lipinski definition) is 3. The van der Waals surface area contributed by atoms with E-state index >= 15 is 0 Å². The number of carboxylic acid groups (broad SMARTS) is 1. The molecule has 1 atom stereocenters. The molecule has 0 aliphatic heterocycles. The molecule has 0 aliphatic carbocycles. The minimum atomic E-state index is -0.807. The van der Waals surface area contributed by atoms with Crippen LogP contribution in [0.5, 0.6) is 0 Å². The predicted octanol–water partition coefficient (Wildman–Crippen LogP) is 3.79. The van der Waals surface area contributed by atoms with Gasteiger partial charge in [0.25, 0.3) is 0 Å². The third kappa shape index (κ3) is 3.35. The molecule has 100 valence electrons. The van der Waals surface area contributed by atoms with Crippen LogP contribution in [0.25, 0.3) is 0 Å². The molecule has 1 unspecified atom stereocenters. The summed E-state index contributed by atoms with van der Waals surface area (Å²) in [5, 5.41) is 11.2. The molecular weight excluding hydrogens is 258 g/mol. The normalized spacial score (nSPS) is 12.1. The van der Waals surface area contributed by atoms with Crippen molar-refractivity contribution < 1.29 is 9.90 Å². The van der Waals surface area contributed by atoms with Gasteiger partial charge in [-0.25, -0.2) is 0 Å². The van der Waals surface area contributed by atoms with Gasteiger partial charge in [-0.05, 0) is 30.0 Å². The van der Waals surface area contributed by atoms with Crippen LogP contribution in [0, 0.1) is 0 Å². The van der Waals surface area contributed by atoms with Crippen molar-refractivity contribution in [3.63, 3.8) is 0 Å². The molecule has 19 heavy (non-hydrogen) atoms. The van der Waals surface area contributed by atoms with Gasteiger partial charge in [-0.3, -0.25) is 4.79 Å². The molecule has 1 N–H and O–H groups in total. The maximum atomic E-state index is 11.1. The minimum Gasteiger partial charge on any atom is -0.480 e. The lowest BCUT2D eigenvalue weighted by molar-refractivity contribution is -0.135. The predicted molar refractivity (Wildman–Crippen MR) is 78.8 cm³/mol. The Morgan fingerprint density at radius 1 is 1.26 bits per heavy atom. The second kappa shape index (κ2) is 6.38. The van der Waals surface area contributed by atoms with Crippen molar-refractivity contribution in [1.29, 1.82) is 0 Å². The fourth-order valence-electron chi connectivity index (χ4n) is 2.20. The number of anilines is 1. The van der Waals surface area contributed by atoms with Gasteiger partial charge < -0.3 is 10.0 Å². The van der Waals surface area contributed by atoms with Gasteiger partial charge in [-0.1, -0.05) is 31.2 Å². The zero-order valence-corrected chi connectivity index (χ0v) is 11.6. The first-order valence-electron chi connectivity index (χ1n) is 6.29. The van der Waals surface area contributed by atoms with Crippen LogP contribution in [0.3, 0.4) is 0 Å². The third-order valence-corrected chi connectivity index (χ3v) is 4.00. The summed E-state index contributed by atoms with van der Waals surface area (Å²) >= 11 is 1.67. The number of thiophene rings is 1. The minimum absolute atomic E-state index is 0.0143. The van der Waals surface area contributed by atoms with E-state index in [1.54, 1.807) is 11.3 Å². The summed E-state index contributed by atoms with van der Waals surface area (Å²) in [6.45, 7) is 2.10. The highest BCUT2D eigenvalue weighted by Crippen LogP contribution is 2.31. The van der Waals surface area contributed by atoms with E-state index in [9.17, 15) is 4.79 Å². The van der Waals surface area contributed by atoms with Gasteiger partial charge >= 0.3 is 5.97 Å². The number of nitrogens with zero attached hydrogens (tertiary/aromatic N) is 1. The lowest BCUT2D eigenvalue weighted by atomic mass is 10.1. The Morgan fingerprint density at radius 3 is 2.53 bits per heavy atom. The highest BCUT2D eigenvalue weighted by molar-refractivity contribution is 7.10. The van der Waals surface area contributed by atoms with Crippen molar-refractivity contribution in [2.75, 3.05) is 11.4 Å². The second-order valence-corrected chi connectivity index (χ2v) is 5.28. The van der Waals surface area contributed by atoms with Crippen molar-refractivity contribution in [1.82, 2.24) is 0 Å². The summed E-state index contributed by atoms with van der Waals surface area (Å²) in [7, 11) is 0. The molecule has 0 saturated carbocycles. The van der Waals surface area contributed by atoms with Crippen LogP contribution in [0.15, 0.2) is 47.8 Å². The highest BCUT2D eigenvalue weighted by Gasteiger charge is 2.22. The highest BCUT2D eigenvalue weighted by atomic mass is 32.1. The first-order chi connectivity index (χ1) is 9.22. The van der Waals surface area contributed by atoms with Gasteiger partial charge in [-0.2, -0.15) is 0 Å². The number of carbonyl (C=O) groups is 1. The molecule has 0 saturated heterocycles. The molecule has 2 rings (SSSR count). The number of carboxylic acids is 1. The standard InChI is InChI=1S/C15H17NO2S/c1-2-13(14-9-6-10-19-14)16(11-15(17)18)12-7-4-3-5-8-12/h3-10,13H,2,11H2,1H3,(H,17,18). The zero-order valence-electron chi connectivity index (χ0n) is 10.8. The summed E-state index contributed by atoms with van der Waals surface area (Å²) in [6, 6.07) is 13.9. The number of para-hydroxylation sites is 1. The fourth-order valence-corrected chi connectivity index (χ4v) is 3.13. The van der Waals surface area contributed by atoms with E-state index in [0.29, 0.717) is 0 Å². The average molecular weight is 275 g/mol. The fraction of sp³-hybridized carbons (Fsp3) is 0.267. The quantitative estimate of drug-likeness (QED) is 0.872. The topological polar surface area (TPSA) is 40.5 Å². The maximum absolute atomic E-state index is 11.1. The first kappa shape index (κ1) is 13.6. The molecule has 0 aliphatic rings. The maximum Gasteiger partial charge on any atom is 0.323 e. The lowest BCUT2D eigenvalue weighted by Gasteiger charge is -2.31. The number of rotatable bonds is 6. The summed E-state index contributed by atoms with van der Waals surface area (Å²) in [4.78, 5) is 14.3. The summed E-state index contributed by atoms with van der Waals surface area (Å²) < 4.78 is 0. The molecule has 0 spiro atoms. The Morgan fingerprint density at radius 2 is 2.00 bits per heavy atom. The Bertz CT molecular complexity index is 510. The molecule has 4 heteroatoms. The van der Waals surface area contributed by atoms with Gasteiger partial charge in [-0.15, -0.1) is 11.3 Å². The van der Waals surface area contributed by atoms with Crippen LogP contribution in [0.1, 0.15) is 24.3 Å². The molecule has 0 bridgehead atoms. The van der Waals surface area contributed by atoms with Crippen molar-refractivity contribution in [3.05, 3.63) is 52.7 Å². The van der Waals surface area contributed by atoms with Gasteiger partial charge in [0.15, 0.2) is 0 Å². The molecule has 0 amide bonds. The average Bonchev–Trinajstić information content (AvgIpc) is 2.93. The Kier molecular flexibility index (Phi) is 4.58. The Hall–Kier alpha value is -1.81. The summed E-state index contributed by atoms with van der Waals surface area (Å²) in [5.74, 6) is -0.807. The van der Waals surface area contributed by atoms with Gasteiger partial charge in [0.2, 0.25) is 0 Å². The molecule has 2 aromatic rings. The second-order valence-electron chi connectivity index (χ2n) is 4.30. The van der Waals surface area contributed by atoms with Gasteiger partial charge in [0.1, 0.15) is 6.54 Å². The van der Waals surface area contributed by atoms with E-state index < -0.39 is 5.97 Å². The first-order valence-corrected chi connectivity index (χ1v) is 7.17. The van der Waals surface area contributed by atoms with E-state index in [-0.39, 0.29) is 12.6 Å². The van der Waals surface area contributed by atoms with Crippen molar-refractivity contribution in [3.8, 4) is 0 Å². The van der Waals surface area contributed by atoms with E-state index in [1.165, 1.54) is 4.88 Å². The molecule has 1 heterocycles. The van der Waals surface area contributed by atoms with Gasteiger partial charge in [0.05, 0.1) is 6.04 Å². The third-order valence-electron chi connectivity index (χ3n) is 3.03. The largest absolute Gasteiger partial charge is 0.480 e.